The van der Waals surface area contributed by atoms with Crippen molar-refractivity contribution in [3.05, 3.63) is 35.4 Å². The molecule has 1 fully saturated rings. The molecule has 1 N–H and O–H groups in total. The van der Waals surface area contributed by atoms with Gasteiger partial charge in [-0.15, -0.1) is 0 Å². The molecule has 0 amide bonds. The Morgan fingerprint density at radius 2 is 2.20 bits per heavy atom. The fraction of sp³-hybridized carbons (Fsp3) is 0.462. The van der Waals surface area contributed by atoms with E-state index in [1.54, 1.807) is 0 Å². The highest BCUT2D eigenvalue weighted by atomic mass is 16.4. The predicted molar refractivity (Wildman–Crippen MR) is 56.8 cm³/mol. The molecular formula is C13H14O2. The van der Waals surface area contributed by atoms with Gasteiger partial charge in [-0.25, -0.2) is 0 Å². The Kier molecular flexibility index (Phi) is 1.70. The third-order valence-electron chi connectivity index (χ3n) is 4.00. The predicted octanol–water partition coefficient (Wildman–Crippen LogP) is 2.37. The summed E-state index contributed by atoms with van der Waals surface area (Å²) in [5.74, 6) is -0.745. The van der Waals surface area contributed by atoms with Gasteiger partial charge in [0.1, 0.15) is 0 Å². The fourth-order valence-electron chi connectivity index (χ4n) is 3.16. The first-order valence-electron chi connectivity index (χ1n) is 5.55. The van der Waals surface area contributed by atoms with Crippen LogP contribution in [0.4, 0.5) is 0 Å². The Morgan fingerprint density at radius 3 is 2.93 bits per heavy atom. The van der Waals surface area contributed by atoms with Crippen molar-refractivity contribution in [3.8, 4) is 0 Å². The number of carbonyl (C=O) groups is 1. The molecule has 2 aliphatic rings. The van der Waals surface area contributed by atoms with Gasteiger partial charge >= 0.3 is 5.97 Å². The Balaban J connectivity index is 2.05. The van der Waals surface area contributed by atoms with E-state index in [9.17, 15) is 4.79 Å². The number of aryl methyl sites for hydroxylation is 1. The summed E-state index contributed by atoms with van der Waals surface area (Å²) in [4.78, 5) is 11.0. The number of benzene rings is 1. The summed E-state index contributed by atoms with van der Waals surface area (Å²) in [6.45, 7) is 0. The van der Waals surface area contributed by atoms with Crippen molar-refractivity contribution in [2.24, 2.45) is 5.92 Å². The summed E-state index contributed by atoms with van der Waals surface area (Å²) < 4.78 is 0. The maximum atomic E-state index is 11.0. The summed E-state index contributed by atoms with van der Waals surface area (Å²) in [5, 5.41) is 9.10. The molecule has 0 aliphatic heterocycles. The largest absolute Gasteiger partial charge is 0.481 e. The van der Waals surface area contributed by atoms with E-state index in [2.05, 4.69) is 18.2 Å². The van der Waals surface area contributed by atoms with Crippen LogP contribution in [0.3, 0.4) is 0 Å². The molecule has 1 aromatic rings. The van der Waals surface area contributed by atoms with Crippen LogP contribution >= 0.6 is 0 Å². The molecule has 1 aromatic carbocycles. The third-order valence-corrected chi connectivity index (χ3v) is 4.00. The van der Waals surface area contributed by atoms with Crippen molar-refractivity contribution in [1.29, 1.82) is 0 Å². The smallest absolute Gasteiger partial charge is 0.307 e. The molecule has 1 spiro atoms. The molecule has 0 bridgehead atoms. The molecule has 3 rings (SSSR count). The summed E-state index contributed by atoms with van der Waals surface area (Å²) in [5.41, 5.74) is 2.68. The molecule has 0 radical (unpaired) electrons. The number of rotatable bonds is 1. The van der Waals surface area contributed by atoms with E-state index in [1.165, 1.54) is 11.1 Å². The molecule has 78 valence electrons. The van der Waals surface area contributed by atoms with Gasteiger partial charge in [-0.05, 0) is 36.8 Å². The maximum Gasteiger partial charge on any atom is 0.307 e. The quantitative estimate of drug-likeness (QED) is 0.759. The van der Waals surface area contributed by atoms with Gasteiger partial charge in [0.05, 0.1) is 5.92 Å². The van der Waals surface area contributed by atoms with Gasteiger partial charge in [-0.1, -0.05) is 24.3 Å². The van der Waals surface area contributed by atoms with Crippen molar-refractivity contribution in [2.75, 3.05) is 0 Å². The second-order valence-corrected chi connectivity index (χ2v) is 4.76. The Morgan fingerprint density at radius 1 is 1.40 bits per heavy atom. The van der Waals surface area contributed by atoms with Crippen molar-refractivity contribution in [3.63, 3.8) is 0 Å². The fourth-order valence-corrected chi connectivity index (χ4v) is 3.16. The monoisotopic (exact) mass is 202 g/mol. The van der Waals surface area contributed by atoms with Crippen molar-refractivity contribution in [2.45, 2.75) is 31.1 Å². The molecule has 2 aliphatic carbocycles. The first-order valence-corrected chi connectivity index (χ1v) is 5.55. The average molecular weight is 202 g/mol. The van der Waals surface area contributed by atoms with E-state index >= 15 is 0 Å². The zero-order chi connectivity index (χ0) is 10.5. The molecule has 0 unspecified atom stereocenters. The van der Waals surface area contributed by atoms with Crippen molar-refractivity contribution >= 4 is 5.97 Å². The number of carboxylic acids is 1. The second-order valence-electron chi connectivity index (χ2n) is 4.76. The first-order chi connectivity index (χ1) is 7.24. The van der Waals surface area contributed by atoms with E-state index in [-0.39, 0.29) is 11.3 Å². The highest BCUT2D eigenvalue weighted by Crippen LogP contribution is 2.60. The minimum absolute atomic E-state index is 0.000671. The lowest BCUT2D eigenvalue weighted by Crippen LogP contribution is -2.21. The minimum atomic E-state index is -0.619. The van der Waals surface area contributed by atoms with Crippen LogP contribution in [0.25, 0.3) is 0 Å². The summed E-state index contributed by atoms with van der Waals surface area (Å²) >= 11 is 0. The Bertz CT molecular complexity index is 424. The molecule has 2 atom stereocenters. The number of hydrogen-bond donors (Lipinski definition) is 1. The third kappa shape index (κ3) is 1.14. The minimum Gasteiger partial charge on any atom is -0.481 e. The van der Waals surface area contributed by atoms with Crippen LogP contribution in [-0.4, -0.2) is 11.1 Å². The lowest BCUT2D eigenvalue weighted by atomic mass is 9.79. The summed E-state index contributed by atoms with van der Waals surface area (Å²) in [6.07, 6.45) is 4.16. The SMILES string of the molecule is O=C(O)[C@H]1C[C@]12CCCc1ccccc12. The van der Waals surface area contributed by atoms with Crippen LogP contribution in [0.1, 0.15) is 30.4 Å². The topological polar surface area (TPSA) is 37.3 Å². The van der Waals surface area contributed by atoms with Crippen LogP contribution in [-0.2, 0) is 16.6 Å². The molecule has 0 heterocycles. The van der Waals surface area contributed by atoms with Gasteiger partial charge in [-0.3, -0.25) is 4.79 Å². The Labute approximate surface area is 88.9 Å². The molecule has 2 heteroatoms. The van der Waals surface area contributed by atoms with Crippen molar-refractivity contribution < 1.29 is 9.90 Å². The lowest BCUT2D eigenvalue weighted by Gasteiger charge is -2.25. The van der Waals surface area contributed by atoms with Crippen molar-refractivity contribution in [1.82, 2.24) is 0 Å². The van der Waals surface area contributed by atoms with Gasteiger partial charge in [0.25, 0.3) is 0 Å². The standard InChI is InChI=1S/C13H14O2/c14-12(15)11-8-13(11)7-3-5-9-4-1-2-6-10(9)13/h1-2,4,6,11H,3,5,7-8H2,(H,14,15)/t11-,13+/m1/s1. The number of hydrogen-bond acceptors (Lipinski definition) is 1. The zero-order valence-electron chi connectivity index (χ0n) is 8.57. The zero-order valence-corrected chi connectivity index (χ0v) is 8.57. The van der Waals surface area contributed by atoms with E-state index < -0.39 is 5.97 Å². The van der Waals surface area contributed by atoms with Gasteiger partial charge in [0, 0.05) is 5.41 Å². The highest BCUT2D eigenvalue weighted by Gasteiger charge is 2.60. The number of fused-ring (bicyclic) bond motifs is 2. The van der Waals surface area contributed by atoms with Crippen LogP contribution < -0.4 is 0 Å². The Hall–Kier alpha value is -1.31. The van der Waals surface area contributed by atoms with Crippen LogP contribution in [0, 0.1) is 5.92 Å². The van der Waals surface area contributed by atoms with E-state index in [1.807, 2.05) is 6.07 Å². The second kappa shape index (κ2) is 2.84. The lowest BCUT2D eigenvalue weighted by molar-refractivity contribution is -0.139. The maximum absolute atomic E-state index is 11.0. The molecule has 0 saturated heterocycles. The van der Waals surface area contributed by atoms with Crippen LogP contribution in [0.2, 0.25) is 0 Å². The highest BCUT2D eigenvalue weighted by molar-refractivity contribution is 5.77. The van der Waals surface area contributed by atoms with Gasteiger partial charge in [-0.2, -0.15) is 0 Å². The van der Waals surface area contributed by atoms with E-state index in [0.717, 1.165) is 25.7 Å². The van der Waals surface area contributed by atoms with E-state index in [4.69, 9.17) is 5.11 Å². The molecule has 2 nitrogen and oxygen atoms in total. The van der Waals surface area contributed by atoms with E-state index in [0.29, 0.717) is 0 Å². The van der Waals surface area contributed by atoms with Gasteiger partial charge in [0.15, 0.2) is 0 Å². The normalized spacial score (nSPS) is 32.4. The summed E-state index contributed by atoms with van der Waals surface area (Å²) in [6, 6.07) is 8.35. The molecular weight excluding hydrogens is 188 g/mol. The average Bonchev–Trinajstić information content (AvgIpc) is 2.95. The summed E-state index contributed by atoms with van der Waals surface area (Å²) in [7, 11) is 0. The van der Waals surface area contributed by atoms with Gasteiger partial charge < -0.3 is 5.11 Å². The molecule has 0 aromatic heterocycles. The van der Waals surface area contributed by atoms with Crippen LogP contribution in [0.5, 0.6) is 0 Å². The molecule has 15 heavy (non-hydrogen) atoms. The number of carboxylic acid groups (broad SMARTS) is 1. The first kappa shape index (κ1) is 8.96. The number of aliphatic carboxylic acids is 1. The van der Waals surface area contributed by atoms with Gasteiger partial charge in [0.2, 0.25) is 0 Å². The van der Waals surface area contributed by atoms with Crippen LogP contribution in [0.15, 0.2) is 24.3 Å². The molecule has 1 saturated carbocycles.